The van der Waals surface area contributed by atoms with Crippen LogP contribution in [0.5, 0.6) is 0 Å². The van der Waals surface area contributed by atoms with Crippen LogP contribution in [0.4, 0.5) is 9.18 Å². The Morgan fingerprint density at radius 1 is 1.62 bits per heavy atom. The van der Waals surface area contributed by atoms with Crippen LogP contribution in [-0.2, 0) is 11.3 Å². The predicted molar refractivity (Wildman–Crippen MR) is 48.5 cm³/mol. The van der Waals surface area contributed by atoms with Crippen LogP contribution in [-0.4, -0.2) is 6.09 Å². The van der Waals surface area contributed by atoms with Crippen LogP contribution in [0.3, 0.4) is 0 Å². The molecule has 0 spiro atoms. The van der Waals surface area contributed by atoms with Crippen LogP contribution >= 0.6 is 15.9 Å². The van der Waals surface area contributed by atoms with E-state index < -0.39 is 11.9 Å². The third-order valence-electron chi connectivity index (χ3n) is 1.37. The quantitative estimate of drug-likeness (QED) is 0.871. The van der Waals surface area contributed by atoms with E-state index in [4.69, 9.17) is 5.73 Å². The maximum atomic E-state index is 12.9. The molecule has 0 saturated carbocycles. The number of rotatable bonds is 2. The normalized spacial score (nSPS) is 9.69. The second-order valence-corrected chi connectivity index (χ2v) is 3.21. The monoisotopic (exact) mass is 247 g/mol. The number of amides is 1. The molecule has 13 heavy (non-hydrogen) atoms. The van der Waals surface area contributed by atoms with Gasteiger partial charge in [0.25, 0.3) is 0 Å². The summed E-state index contributed by atoms with van der Waals surface area (Å²) in [7, 11) is 0. The summed E-state index contributed by atoms with van der Waals surface area (Å²) in [5.41, 5.74) is 5.30. The average molecular weight is 248 g/mol. The van der Waals surface area contributed by atoms with Crippen molar-refractivity contribution in [3.63, 3.8) is 0 Å². The number of halogens is 2. The summed E-state index contributed by atoms with van der Waals surface area (Å²) in [6.45, 7) is -0.0144. The van der Waals surface area contributed by atoms with E-state index >= 15 is 0 Å². The second-order valence-electron chi connectivity index (χ2n) is 2.36. The molecule has 1 rings (SSSR count). The molecule has 2 N–H and O–H groups in total. The van der Waals surface area contributed by atoms with Crippen molar-refractivity contribution in [1.82, 2.24) is 0 Å². The molecular formula is C8H7BrFNO2. The molecule has 0 bridgehead atoms. The molecule has 70 valence electrons. The lowest BCUT2D eigenvalue weighted by Gasteiger charge is -2.02. The summed E-state index contributed by atoms with van der Waals surface area (Å²) in [6.07, 6.45) is -0.872. The lowest BCUT2D eigenvalue weighted by molar-refractivity contribution is 0.150. The molecule has 5 heteroatoms. The molecule has 0 aliphatic rings. The predicted octanol–water partition coefficient (Wildman–Crippen LogP) is 2.18. The summed E-state index contributed by atoms with van der Waals surface area (Å²) in [5.74, 6) is -0.398. The molecule has 3 nitrogen and oxygen atoms in total. The van der Waals surface area contributed by atoms with Gasteiger partial charge in [-0.05, 0) is 33.6 Å². The van der Waals surface area contributed by atoms with E-state index in [0.29, 0.717) is 10.0 Å². The number of carbonyl (C=O) groups is 1. The fourth-order valence-corrected chi connectivity index (χ4v) is 1.03. The minimum Gasteiger partial charge on any atom is -0.445 e. The van der Waals surface area contributed by atoms with Crippen LogP contribution in [0, 0.1) is 5.82 Å². The number of benzene rings is 1. The Morgan fingerprint density at radius 3 is 2.85 bits per heavy atom. The van der Waals surface area contributed by atoms with Gasteiger partial charge in [-0.25, -0.2) is 9.18 Å². The van der Waals surface area contributed by atoms with Gasteiger partial charge in [0.15, 0.2) is 0 Å². The summed E-state index contributed by atoms with van der Waals surface area (Å²) < 4.78 is 17.7. The van der Waals surface area contributed by atoms with Crippen molar-refractivity contribution >= 4 is 22.0 Å². The largest absolute Gasteiger partial charge is 0.445 e. The van der Waals surface area contributed by atoms with Gasteiger partial charge in [0.05, 0.1) is 4.47 Å². The molecule has 0 aliphatic heterocycles. The molecule has 0 heterocycles. The SMILES string of the molecule is NC(=O)OCc1ccc(Br)c(F)c1. The molecule has 0 saturated heterocycles. The first-order valence-electron chi connectivity index (χ1n) is 3.46. The maximum Gasteiger partial charge on any atom is 0.404 e. The van der Waals surface area contributed by atoms with Crippen molar-refractivity contribution in [2.75, 3.05) is 0 Å². The summed E-state index contributed by atoms with van der Waals surface area (Å²) >= 11 is 3.00. The number of primary amides is 1. The number of hydrogen-bond acceptors (Lipinski definition) is 2. The van der Waals surface area contributed by atoms with Crippen molar-refractivity contribution in [1.29, 1.82) is 0 Å². The highest BCUT2D eigenvalue weighted by atomic mass is 79.9. The van der Waals surface area contributed by atoms with Gasteiger partial charge in [0.1, 0.15) is 12.4 Å². The topological polar surface area (TPSA) is 52.3 Å². The lowest BCUT2D eigenvalue weighted by atomic mass is 10.2. The van der Waals surface area contributed by atoms with Crippen LogP contribution in [0.25, 0.3) is 0 Å². The molecule has 0 fully saturated rings. The van der Waals surface area contributed by atoms with Crippen LogP contribution in [0.2, 0.25) is 0 Å². The zero-order valence-corrected chi connectivity index (χ0v) is 8.17. The standard InChI is InChI=1S/C8H7BrFNO2/c9-6-2-1-5(3-7(6)10)4-13-8(11)12/h1-3H,4H2,(H2,11,12). The molecule has 1 amide bonds. The highest BCUT2D eigenvalue weighted by Crippen LogP contribution is 2.16. The van der Waals surface area contributed by atoms with Gasteiger partial charge in [-0.15, -0.1) is 0 Å². The smallest absolute Gasteiger partial charge is 0.404 e. The van der Waals surface area contributed by atoms with Crippen molar-refractivity contribution in [3.05, 3.63) is 34.1 Å². The van der Waals surface area contributed by atoms with E-state index in [0.717, 1.165) is 0 Å². The minimum absolute atomic E-state index is 0.0144. The van der Waals surface area contributed by atoms with Gasteiger partial charge >= 0.3 is 6.09 Å². The van der Waals surface area contributed by atoms with E-state index in [9.17, 15) is 9.18 Å². The summed E-state index contributed by atoms with van der Waals surface area (Å²) in [4.78, 5) is 10.2. The van der Waals surface area contributed by atoms with Crippen molar-refractivity contribution < 1.29 is 13.9 Å². The molecule has 0 atom stereocenters. The minimum atomic E-state index is -0.872. The highest BCUT2D eigenvalue weighted by molar-refractivity contribution is 9.10. The fraction of sp³-hybridized carbons (Fsp3) is 0.125. The maximum absolute atomic E-state index is 12.9. The number of ether oxygens (including phenoxy) is 1. The number of nitrogens with two attached hydrogens (primary N) is 1. The Bertz CT molecular complexity index is 330. The Labute approximate surface area is 82.8 Å². The van der Waals surface area contributed by atoms with Crippen molar-refractivity contribution in [3.8, 4) is 0 Å². The van der Waals surface area contributed by atoms with Gasteiger partial charge in [-0.2, -0.15) is 0 Å². The number of hydrogen-bond donors (Lipinski definition) is 1. The van der Waals surface area contributed by atoms with Crippen LogP contribution in [0.1, 0.15) is 5.56 Å². The van der Waals surface area contributed by atoms with Gasteiger partial charge < -0.3 is 10.5 Å². The van der Waals surface area contributed by atoms with E-state index in [2.05, 4.69) is 20.7 Å². The zero-order chi connectivity index (χ0) is 9.84. The first-order valence-corrected chi connectivity index (χ1v) is 4.25. The first kappa shape index (κ1) is 9.98. The van der Waals surface area contributed by atoms with Gasteiger partial charge in [0, 0.05) is 0 Å². The van der Waals surface area contributed by atoms with E-state index in [1.807, 2.05) is 0 Å². The van der Waals surface area contributed by atoms with E-state index in [-0.39, 0.29) is 6.61 Å². The van der Waals surface area contributed by atoms with Crippen molar-refractivity contribution in [2.45, 2.75) is 6.61 Å². The molecule has 0 unspecified atom stereocenters. The zero-order valence-electron chi connectivity index (χ0n) is 6.59. The third-order valence-corrected chi connectivity index (χ3v) is 2.01. The first-order chi connectivity index (χ1) is 6.09. The highest BCUT2D eigenvalue weighted by Gasteiger charge is 2.01. The Hall–Kier alpha value is -1.10. The Morgan fingerprint density at radius 2 is 2.31 bits per heavy atom. The van der Waals surface area contributed by atoms with E-state index in [1.165, 1.54) is 12.1 Å². The molecular weight excluding hydrogens is 241 g/mol. The van der Waals surface area contributed by atoms with Gasteiger partial charge in [-0.3, -0.25) is 0 Å². The van der Waals surface area contributed by atoms with Gasteiger partial charge in [-0.1, -0.05) is 6.07 Å². The Kier molecular flexibility index (Phi) is 3.25. The average Bonchev–Trinajstić information content (AvgIpc) is 2.07. The molecule has 0 aromatic heterocycles. The lowest BCUT2D eigenvalue weighted by Crippen LogP contribution is -2.12. The number of carbonyl (C=O) groups excluding carboxylic acids is 1. The van der Waals surface area contributed by atoms with Crippen LogP contribution < -0.4 is 5.73 Å². The molecule has 1 aromatic carbocycles. The van der Waals surface area contributed by atoms with Gasteiger partial charge in [0.2, 0.25) is 0 Å². The fourth-order valence-electron chi connectivity index (χ4n) is 0.784. The van der Waals surface area contributed by atoms with Crippen LogP contribution in [0.15, 0.2) is 22.7 Å². The van der Waals surface area contributed by atoms with E-state index in [1.54, 1.807) is 6.07 Å². The third kappa shape index (κ3) is 3.02. The molecule has 0 radical (unpaired) electrons. The summed E-state index contributed by atoms with van der Waals surface area (Å²) in [6, 6.07) is 4.44. The second kappa shape index (κ2) is 4.23. The summed E-state index contributed by atoms with van der Waals surface area (Å²) in [5, 5.41) is 0. The van der Waals surface area contributed by atoms with Crippen molar-refractivity contribution in [2.24, 2.45) is 5.73 Å². The molecule has 0 aliphatic carbocycles. The molecule has 1 aromatic rings. The Balaban J connectivity index is 2.68.